The smallest absolute Gasteiger partial charge is 0.330 e. The number of allylic oxidation sites excluding steroid dienone is 1. The molecule has 0 aromatic heterocycles. The number of rotatable bonds is 5. The molecule has 0 atom stereocenters. The van der Waals surface area contributed by atoms with Gasteiger partial charge in [-0.25, -0.2) is 4.79 Å². The summed E-state index contributed by atoms with van der Waals surface area (Å²) in [6.45, 7) is 3.86. The highest BCUT2D eigenvalue weighted by Crippen LogP contribution is 2.14. The quantitative estimate of drug-likeness (QED) is 0.456. The first-order chi connectivity index (χ1) is 8.52. The lowest BCUT2D eigenvalue weighted by Gasteiger charge is -2.09. The highest BCUT2D eigenvalue weighted by atomic mass is 16.5. The summed E-state index contributed by atoms with van der Waals surface area (Å²) in [5.41, 5.74) is 0.492. The molecule has 0 saturated carbocycles. The summed E-state index contributed by atoms with van der Waals surface area (Å²) in [5, 5.41) is 0. The second kappa shape index (κ2) is 6.59. The second-order valence-corrected chi connectivity index (χ2v) is 3.91. The van der Waals surface area contributed by atoms with Crippen molar-refractivity contribution < 1.29 is 19.1 Å². The van der Waals surface area contributed by atoms with Gasteiger partial charge in [-0.15, -0.1) is 0 Å². The van der Waals surface area contributed by atoms with Crippen LogP contribution in [0.15, 0.2) is 36.4 Å². The molecule has 0 heterocycles. The van der Waals surface area contributed by atoms with Crippen molar-refractivity contribution in [2.24, 2.45) is 0 Å². The van der Waals surface area contributed by atoms with Crippen LogP contribution in [0.25, 0.3) is 0 Å². The topological polar surface area (TPSA) is 52.6 Å². The molecule has 0 unspecified atom stereocenters. The lowest BCUT2D eigenvalue weighted by atomic mass is 10.1. The van der Waals surface area contributed by atoms with Gasteiger partial charge >= 0.3 is 5.97 Å². The largest absolute Gasteiger partial charge is 0.491 e. The summed E-state index contributed by atoms with van der Waals surface area (Å²) >= 11 is 0. The lowest BCUT2D eigenvalue weighted by molar-refractivity contribution is -0.134. The van der Waals surface area contributed by atoms with Crippen LogP contribution in [-0.2, 0) is 9.53 Å². The van der Waals surface area contributed by atoms with Gasteiger partial charge in [0.15, 0.2) is 5.78 Å². The molecule has 4 nitrogen and oxygen atoms in total. The maximum atomic E-state index is 11.7. The standard InChI is InChI=1S/C14H16O4/c1-10(2)18-12-6-4-11(5-7-12)13(15)8-9-14(16)17-3/h4-10H,1-3H3/b9-8+. The highest BCUT2D eigenvalue weighted by Gasteiger charge is 2.04. The highest BCUT2D eigenvalue weighted by molar-refractivity contribution is 6.07. The average Bonchev–Trinajstić information content (AvgIpc) is 2.35. The van der Waals surface area contributed by atoms with Gasteiger partial charge in [0.2, 0.25) is 0 Å². The van der Waals surface area contributed by atoms with Crippen LogP contribution in [-0.4, -0.2) is 25.0 Å². The maximum absolute atomic E-state index is 11.7. The van der Waals surface area contributed by atoms with Gasteiger partial charge in [-0.2, -0.15) is 0 Å². The number of benzene rings is 1. The second-order valence-electron chi connectivity index (χ2n) is 3.91. The Hall–Kier alpha value is -2.10. The predicted octanol–water partition coefficient (Wildman–Crippen LogP) is 2.39. The average molecular weight is 248 g/mol. The Balaban J connectivity index is 2.70. The molecule has 0 aliphatic heterocycles. The van der Waals surface area contributed by atoms with Gasteiger partial charge in [0, 0.05) is 11.6 Å². The first-order valence-electron chi connectivity index (χ1n) is 5.60. The van der Waals surface area contributed by atoms with E-state index < -0.39 is 5.97 Å². The van der Waals surface area contributed by atoms with E-state index >= 15 is 0 Å². The Morgan fingerprint density at radius 3 is 2.22 bits per heavy atom. The Morgan fingerprint density at radius 1 is 1.11 bits per heavy atom. The molecule has 96 valence electrons. The van der Waals surface area contributed by atoms with E-state index in [9.17, 15) is 9.59 Å². The van der Waals surface area contributed by atoms with Crippen LogP contribution in [0.1, 0.15) is 24.2 Å². The zero-order valence-corrected chi connectivity index (χ0v) is 10.7. The summed E-state index contributed by atoms with van der Waals surface area (Å²) in [4.78, 5) is 22.5. The number of carbonyl (C=O) groups excluding carboxylic acids is 2. The molecule has 0 aliphatic rings. The Kier molecular flexibility index (Phi) is 5.11. The Bertz CT molecular complexity index is 443. The molecular formula is C14H16O4. The molecule has 0 aliphatic carbocycles. The van der Waals surface area contributed by atoms with E-state index in [-0.39, 0.29) is 11.9 Å². The van der Waals surface area contributed by atoms with E-state index in [1.54, 1.807) is 24.3 Å². The van der Waals surface area contributed by atoms with Crippen molar-refractivity contribution in [2.75, 3.05) is 7.11 Å². The number of methoxy groups -OCH3 is 1. The Labute approximate surface area is 106 Å². The van der Waals surface area contributed by atoms with Crippen LogP contribution in [0.4, 0.5) is 0 Å². The number of carbonyl (C=O) groups is 2. The monoisotopic (exact) mass is 248 g/mol. The van der Waals surface area contributed by atoms with Gasteiger partial charge in [0.1, 0.15) is 5.75 Å². The molecule has 0 fully saturated rings. The molecule has 0 saturated heterocycles. The van der Waals surface area contributed by atoms with Gasteiger partial charge in [-0.1, -0.05) is 0 Å². The summed E-state index contributed by atoms with van der Waals surface area (Å²) < 4.78 is 9.86. The van der Waals surface area contributed by atoms with E-state index in [1.165, 1.54) is 13.2 Å². The van der Waals surface area contributed by atoms with E-state index in [2.05, 4.69) is 4.74 Å². The van der Waals surface area contributed by atoms with E-state index in [1.807, 2.05) is 13.8 Å². The summed E-state index contributed by atoms with van der Waals surface area (Å²) in [7, 11) is 1.26. The van der Waals surface area contributed by atoms with Crippen molar-refractivity contribution >= 4 is 11.8 Å². The zero-order valence-electron chi connectivity index (χ0n) is 10.7. The lowest BCUT2D eigenvalue weighted by Crippen LogP contribution is -2.05. The molecule has 18 heavy (non-hydrogen) atoms. The number of hydrogen-bond acceptors (Lipinski definition) is 4. The Morgan fingerprint density at radius 2 is 1.72 bits per heavy atom. The summed E-state index contributed by atoms with van der Waals surface area (Å²) in [6, 6.07) is 6.75. The zero-order chi connectivity index (χ0) is 13.5. The minimum Gasteiger partial charge on any atom is -0.491 e. The fourth-order valence-electron chi connectivity index (χ4n) is 1.28. The third kappa shape index (κ3) is 4.41. The molecule has 1 aromatic carbocycles. The maximum Gasteiger partial charge on any atom is 0.330 e. The van der Waals surface area contributed by atoms with Crippen molar-refractivity contribution in [3.05, 3.63) is 42.0 Å². The molecule has 0 N–H and O–H groups in total. The summed E-state index contributed by atoms with van der Waals surface area (Å²) in [6.07, 6.45) is 2.37. The molecule has 1 aromatic rings. The van der Waals surface area contributed by atoms with Crippen molar-refractivity contribution in [2.45, 2.75) is 20.0 Å². The van der Waals surface area contributed by atoms with Gasteiger partial charge in [-0.05, 0) is 44.2 Å². The SMILES string of the molecule is COC(=O)/C=C/C(=O)c1ccc(OC(C)C)cc1. The van der Waals surface area contributed by atoms with Crippen molar-refractivity contribution in [3.63, 3.8) is 0 Å². The van der Waals surface area contributed by atoms with Crippen molar-refractivity contribution in [3.8, 4) is 5.75 Å². The molecule has 4 heteroatoms. The molecule has 0 bridgehead atoms. The minimum atomic E-state index is -0.553. The van der Waals surface area contributed by atoms with Crippen LogP contribution in [0.2, 0.25) is 0 Å². The summed E-state index contributed by atoms with van der Waals surface area (Å²) in [5.74, 6) is -0.0990. The van der Waals surface area contributed by atoms with E-state index in [0.717, 1.165) is 6.08 Å². The molecule has 1 rings (SSSR count). The van der Waals surface area contributed by atoms with Crippen LogP contribution >= 0.6 is 0 Å². The van der Waals surface area contributed by atoms with Crippen molar-refractivity contribution in [1.82, 2.24) is 0 Å². The fraction of sp³-hybridized carbons (Fsp3) is 0.286. The van der Waals surface area contributed by atoms with Gasteiger partial charge in [-0.3, -0.25) is 4.79 Å². The third-order valence-electron chi connectivity index (χ3n) is 2.08. The van der Waals surface area contributed by atoms with Crippen molar-refractivity contribution in [1.29, 1.82) is 0 Å². The fourth-order valence-corrected chi connectivity index (χ4v) is 1.28. The number of ether oxygens (including phenoxy) is 2. The minimum absolute atomic E-state index is 0.0887. The number of hydrogen-bond donors (Lipinski definition) is 0. The molecule has 0 spiro atoms. The van der Waals surface area contributed by atoms with Gasteiger partial charge in [0.05, 0.1) is 13.2 Å². The van der Waals surface area contributed by atoms with Crippen LogP contribution in [0.3, 0.4) is 0 Å². The molecular weight excluding hydrogens is 232 g/mol. The van der Waals surface area contributed by atoms with Gasteiger partial charge < -0.3 is 9.47 Å². The normalized spacial score (nSPS) is 10.7. The first kappa shape index (κ1) is 14.0. The first-order valence-corrected chi connectivity index (χ1v) is 5.60. The van der Waals surface area contributed by atoms with E-state index in [4.69, 9.17) is 4.74 Å². The predicted molar refractivity (Wildman–Crippen MR) is 67.7 cm³/mol. The molecule has 0 radical (unpaired) electrons. The van der Waals surface area contributed by atoms with Crippen LogP contribution in [0, 0.1) is 0 Å². The molecule has 0 amide bonds. The van der Waals surface area contributed by atoms with Gasteiger partial charge in [0.25, 0.3) is 0 Å². The number of ketones is 1. The van der Waals surface area contributed by atoms with Crippen LogP contribution < -0.4 is 4.74 Å². The van der Waals surface area contributed by atoms with E-state index in [0.29, 0.717) is 11.3 Å². The number of esters is 1. The third-order valence-corrected chi connectivity index (χ3v) is 2.08. The van der Waals surface area contributed by atoms with Crippen LogP contribution in [0.5, 0.6) is 5.75 Å².